The van der Waals surface area contributed by atoms with Crippen molar-refractivity contribution in [2.45, 2.75) is 32.2 Å². The van der Waals surface area contributed by atoms with Gasteiger partial charge in [0, 0.05) is 31.0 Å². The minimum Gasteiger partial charge on any atom is -0.352 e. The van der Waals surface area contributed by atoms with Gasteiger partial charge in [-0.25, -0.2) is 4.98 Å². The van der Waals surface area contributed by atoms with Crippen LogP contribution in [0.5, 0.6) is 0 Å². The summed E-state index contributed by atoms with van der Waals surface area (Å²) in [5, 5.41) is 3.76. The number of aryl methyl sites for hydroxylation is 1. The Morgan fingerprint density at radius 1 is 1.62 bits per heavy atom. The molecule has 88 valence electrons. The first kappa shape index (κ1) is 11.3. The summed E-state index contributed by atoms with van der Waals surface area (Å²) >= 11 is 1.34. The Morgan fingerprint density at radius 2 is 2.38 bits per heavy atom. The SMILES string of the molecule is CCc1nsc(N(C)CC(=O)NC2CC2)n1. The lowest BCUT2D eigenvalue weighted by Crippen LogP contribution is -2.36. The van der Waals surface area contributed by atoms with Crippen LogP contribution in [0.4, 0.5) is 5.13 Å². The molecule has 0 spiro atoms. The number of likely N-dealkylation sites (N-methyl/N-ethyl adjacent to an activating group) is 1. The normalized spacial score (nSPS) is 14.9. The molecule has 1 aromatic heterocycles. The van der Waals surface area contributed by atoms with Crippen molar-refractivity contribution in [3.05, 3.63) is 5.82 Å². The van der Waals surface area contributed by atoms with Crippen LogP contribution in [-0.2, 0) is 11.2 Å². The first-order valence-corrected chi connectivity index (χ1v) is 6.29. The number of hydrogen-bond donors (Lipinski definition) is 1. The van der Waals surface area contributed by atoms with E-state index in [1.54, 1.807) is 0 Å². The number of carbonyl (C=O) groups excluding carboxylic acids is 1. The molecule has 0 aliphatic heterocycles. The highest BCUT2D eigenvalue weighted by atomic mass is 32.1. The van der Waals surface area contributed by atoms with Crippen LogP contribution in [0.15, 0.2) is 0 Å². The van der Waals surface area contributed by atoms with Crippen molar-refractivity contribution in [2.24, 2.45) is 0 Å². The van der Waals surface area contributed by atoms with Gasteiger partial charge in [0.15, 0.2) is 0 Å². The van der Waals surface area contributed by atoms with Crippen molar-refractivity contribution in [3.8, 4) is 0 Å². The van der Waals surface area contributed by atoms with Gasteiger partial charge in [-0.3, -0.25) is 4.79 Å². The minimum absolute atomic E-state index is 0.0678. The van der Waals surface area contributed by atoms with E-state index in [0.717, 1.165) is 30.2 Å². The first-order chi connectivity index (χ1) is 7.69. The molecule has 1 aliphatic carbocycles. The fourth-order valence-corrected chi connectivity index (χ4v) is 2.03. The Balaban J connectivity index is 1.85. The zero-order valence-corrected chi connectivity index (χ0v) is 10.4. The van der Waals surface area contributed by atoms with Crippen molar-refractivity contribution in [3.63, 3.8) is 0 Å². The summed E-state index contributed by atoms with van der Waals surface area (Å²) in [6, 6.07) is 0.418. The zero-order chi connectivity index (χ0) is 11.5. The third kappa shape index (κ3) is 2.91. The van der Waals surface area contributed by atoms with Crippen molar-refractivity contribution in [2.75, 3.05) is 18.5 Å². The lowest BCUT2D eigenvalue weighted by molar-refractivity contribution is -0.119. The van der Waals surface area contributed by atoms with Crippen LogP contribution in [0.25, 0.3) is 0 Å². The molecule has 1 fully saturated rings. The van der Waals surface area contributed by atoms with Crippen molar-refractivity contribution >= 4 is 22.6 Å². The van der Waals surface area contributed by atoms with Crippen molar-refractivity contribution in [1.82, 2.24) is 14.7 Å². The molecular weight excluding hydrogens is 224 g/mol. The van der Waals surface area contributed by atoms with E-state index >= 15 is 0 Å². The molecule has 1 aromatic rings. The van der Waals surface area contributed by atoms with Crippen LogP contribution in [0.3, 0.4) is 0 Å². The Labute approximate surface area is 99.0 Å². The Morgan fingerprint density at radius 3 is 2.94 bits per heavy atom. The molecule has 0 aromatic carbocycles. The quantitative estimate of drug-likeness (QED) is 0.827. The third-order valence-corrected chi connectivity index (χ3v) is 3.29. The summed E-state index contributed by atoms with van der Waals surface area (Å²) in [5.41, 5.74) is 0. The molecule has 0 saturated heterocycles. The Hall–Kier alpha value is -1.17. The lowest BCUT2D eigenvalue weighted by Gasteiger charge is -2.14. The van der Waals surface area contributed by atoms with E-state index < -0.39 is 0 Å². The number of aromatic nitrogens is 2. The maximum absolute atomic E-state index is 11.6. The molecule has 1 amide bonds. The summed E-state index contributed by atoms with van der Waals surface area (Å²) in [7, 11) is 1.87. The molecule has 1 N–H and O–H groups in total. The molecule has 0 bridgehead atoms. The third-order valence-electron chi connectivity index (χ3n) is 2.42. The highest BCUT2D eigenvalue weighted by molar-refractivity contribution is 7.09. The number of hydrogen-bond acceptors (Lipinski definition) is 5. The second kappa shape index (κ2) is 4.78. The number of nitrogens with one attached hydrogen (secondary N) is 1. The second-order valence-electron chi connectivity index (χ2n) is 4.04. The van der Waals surface area contributed by atoms with Gasteiger partial charge in [-0.1, -0.05) is 6.92 Å². The summed E-state index contributed by atoms with van der Waals surface area (Å²) < 4.78 is 4.19. The largest absolute Gasteiger partial charge is 0.352 e. The highest BCUT2D eigenvalue weighted by Crippen LogP contribution is 2.19. The zero-order valence-electron chi connectivity index (χ0n) is 9.56. The van der Waals surface area contributed by atoms with Gasteiger partial charge in [-0.15, -0.1) is 0 Å². The van der Waals surface area contributed by atoms with Gasteiger partial charge in [-0.05, 0) is 12.8 Å². The minimum atomic E-state index is 0.0678. The van der Waals surface area contributed by atoms with Gasteiger partial charge in [0.25, 0.3) is 0 Å². The maximum atomic E-state index is 11.6. The molecular formula is C10H16N4OS. The number of rotatable bonds is 5. The monoisotopic (exact) mass is 240 g/mol. The van der Waals surface area contributed by atoms with Gasteiger partial charge in [0.2, 0.25) is 11.0 Å². The van der Waals surface area contributed by atoms with Crippen molar-refractivity contribution < 1.29 is 4.79 Å². The fraction of sp³-hybridized carbons (Fsp3) is 0.700. The predicted octanol–water partition coefficient (Wildman–Crippen LogP) is 0.815. The van der Waals surface area contributed by atoms with E-state index in [1.807, 2.05) is 18.9 Å². The first-order valence-electron chi connectivity index (χ1n) is 5.52. The smallest absolute Gasteiger partial charge is 0.239 e. The van der Waals surface area contributed by atoms with Gasteiger partial charge in [-0.2, -0.15) is 4.37 Å². The number of nitrogens with zero attached hydrogens (tertiary/aromatic N) is 3. The van der Waals surface area contributed by atoms with Crippen LogP contribution < -0.4 is 10.2 Å². The average molecular weight is 240 g/mol. The lowest BCUT2D eigenvalue weighted by atomic mass is 10.5. The van der Waals surface area contributed by atoms with Gasteiger partial charge < -0.3 is 10.2 Å². The Bertz CT molecular complexity index is 375. The van der Waals surface area contributed by atoms with Crippen LogP contribution in [0, 0.1) is 0 Å². The van der Waals surface area contributed by atoms with E-state index in [-0.39, 0.29) is 5.91 Å². The van der Waals surface area contributed by atoms with Crippen LogP contribution in [-0.4, -0.2) is 34.9 Å². The predicted molar refractivity (Wildman–Crippen MR) is 63.7 cm³/mol. The van der Waals surface area contributed by atoms with Gasteiger partial charge >= 0.3 is 0 Å². The molecule has 1 saturated carbocycles. The maximum Gasteiger partial charge on any atom is 0.239 e. The van der Waals surface area contributed by atoms with E-state index in [0.29, 0.717) is 12.6 Å². The molecule has 1 aliphatic rings. The standard InChI is InChI=1S/C10H16N4OS/c1-3-8-12-10(16-13-8)14(2)6-9(15)11-7-4-5-7/h7H,3-6H2,1-2H3,(H,11,15). The highest BCUT2D eigenvalue weighted by Gasteiger charge is 2.23. The molecule has 0 radical (unpaired) electrons. The molecule has 1 heterocycles. The van der Waals surface area contributed by atoms with E-state index in [1.165, 1.54) is 11.5 Å². The molecule has 0 atom stereocenters. The summed E-state index contributed by atoms with van der Waals surface area (Å²) in [5.74, 6) is 0.910. The average Bonchev–Trinajstić information content (AvgIpc) is 2.93. The fourth-order valence-electron chi connectivity index (χ4n) is 1.33. The summed E-state index contributed by atoms with van der Waals surface area (Å²) in [6.07, 6.45) is 3.07. The van der Waals surface area contributed by atoms with E-state index in [2.05, 4.69) is 14.7 Å². The molecule has 6 heteroatoms. The molecule has 2 rings (SSSR count). The number of carbonyl (C=O) groups is 1. The molecule has 16 heavy (non-hydrogen) atoms. The number of amides is 1. The Kier molecular flexibility index (Phi) is 3.38. The second-order valence-corrected chi connectivity index (χ2v) is 4.77. The topological polar surface area (TPSA) is 58.1 Å². The summed E-state index contributed by atoms with van der Waals surface area (Å²) in [6.45, 7) is 2.38. The van der Waals surface area contributed by atoms with Crippen molar-refractivity contribution in [1.29, 1.82) is 0 Å². The summed E-state index contributed by atoms with van der Waals surface area (Å²) in [4.78, 5) is 17.7. The van der Waals surface area contributed by atoms with Crippen LogP contribution >= 0.6 is 11.5 Å². The molecule has 0 unspecified atom stereocenters. The number of anilines is 1. The molecule has 5 nitrogen and oxygen atoms in total. The van der Waals surface area contributed by atoms with E-state index in [4.69, 9.17) is 0 Å². The van der Waals surface area contributed by atoms with Crippen LogP contribution in [0.2, 0.25) is 0 Å². The van der Waals surface area contributed by atoms with Crippen LogP contribution in [0.1, 0.15) is 25.6 Å². The van der Waals surface area contributed by atoms with Gasteiger partial charge in [0.1, 0.15) is 5.82 Å². The van der Waals surface area contributed by atoms with Gasteiger partial charge in [0.05, 0.1) is 6.54 Å². The van der Waals surface area contributed by atoms with E-state index in [9.17, 15) is 4.79 Å².